The second-order valence-corrected chi connectivity index (χ2v) is 4.31. The van der Waals surface area contributed by atoms with E-state index in [1.165, 1.54) is 4.90 Å². The van der Waals surface area contributed by atoms with E-state index in [0.29, 0.717) is 13.0 Å². The number of nitrogens with two attached hydrogens (primary N) is 1. The molecule has 1 aliphatic heterocycles. The molecule has 1 saturated heterocycles. The molecule has 0 aromatic carbocycles. The van der Waals surface area contributed by atoms with Gasteiger partial charge >= 0.3 is 5.97 Å². The maximum atomic E-state index is 11.8. The minimum absolute atomic E-state index is 0.278. The molecule has 86 valence electrons. The van der Waals surface area contributed by atoms with Crippen LogP contribution in [0.4, 0.5) is 0 Å². The molecule has 2 atom stereocenters. The van der Waals surface area contributed by atoms with E-state index >= 15 is 0 Å². The number of aliphatic carboxylic acids is 1. The molecular formula is C10H18N2O3. The van der Waals surface area contributed by atoms with E-state index < -0.39 is 17.6 Å². The Morgan fingerprint density at radius 1 is 1.47 bits per heavy atom. The Hall–Kier alpha value is -1.10. The fourth-order valence-corrected chi connectivity index (χ4v) is 1.94. The Bertz CT molecular complexity index is 278. The number of amides is 1. The van der Waals surface area contributed by atoms with Crippen LogP contribution in [0.3, 0.4) is 0 Å². The summed E-state index contributed by atoms with van der Waals surface area (Å²) in [5.74, 6) is -1.23. The lowest BCUT2D eigenvalue weighted by Gasteiger charge is -2.42. The van der Waals surface area contributed by atoms with E-state index in [1.54, 1.807) is 13.8 Å². The van der Waals surface area contributed by atoms with Gasteiger partial charge < -0.3 is 15.7 Å². The monoisotopic (exact) mass is 214 g/mol. The van der Waals surface area contributed by atoms with Crippen molar-refractivity contribution in [1.82, 2.24) is 4.90 Å². The van der Waals surface area contributed by atoms with Crippen LogP contribution in [0.15, 0.2) is 0 Å². The highest BCUT2D eigenvalue weighted by molar-refractivity contribution is 5.89. The van der Waals surface area contributed by atoms with E-state index in [1.807, 2.05) is 0 Å². The first-order chi connectivity index (χ1) is 6.89. The number of likely N-dealkylation sites (tertiary alicyclic amines) is 1. The van der Waals surface area contributed by atoms with Gasteiger partial charge in [0, 0.05) is 6.54 Å². The first kappa shape index (κ1) is 12.0. The molecule has 1 fully saturated rings. The van der Waals surface area contributed by atoms with Gasteiger partial charge in [0.2, 0.25) is 5.91 Å². The molecule has 1 aliphatic rings. The lowest BCUT2D eigenvalue weighted by atomic mass is 9.88. The number of rotatable bonds is 2. The van der Waals surface area contributed by atoms with E-state index in [-0.39, 0.29) is 5.91 Å². The van der Waals surface area contributed by atoms with Crippen molar-refractivity contribution in [3.63, 3.8) is 0 Å². The Labute approximate surface area is 89.2 Å². The lowest BCUT2D eigenvalue weighted by Crippen LogP contribution is -2.60. The topological polar surface area (TPSA) is 83.6 Å². The van der Waals surface area contributed by atoms with Crippen LogP contribution in [0.5, 0.6) is 0 Å². The molecule has 0 aromatic heterocycles. The molecule has 3 N–H and O–H groups in total. The SMILES string of the molecule is CC(N)C(=O)N1CCCCC1(C)C(=O)O. The molecule has 5 nitrogen and oxygen atoms in total. The van der Waals surface area contributed by atoms with Crippen molar-refractivity contribution >= 4 is 11.9 Å². The fourth-order valence-electron chi connectivity index (χ4n) is 1.94. The Balaban J connectivity index is 2.92. The highest BCUT2D eigenvalue weighted by atomic mass is 16.4. The number of carboxylic acids is 1. The normalized spacial score (nSPS) is 28.6. The lowest BCUT2D eigenvalue weighted by molar-refractivity contribution is -0.161. The molecule has 15 heavy (non-hydrogen) atoms. The van der Waals surface area contributed by atoms with Gasteiger partial charge in [-0.15, -0.1) is 0 Å². The van der Waals surface area contributed by atoms with Crippen molar-refractivity contribution in [1.29, 1.82) is 0 Å². The van der Waals surface area contributed by atoms with Gasteiger partial charge in [0.25, 0.3) is 0 Å². The molecule has 0 aliphatic carbocycles. The van der Waals surface area contributed by atoms with Crippen LogP contribution in [0, 0.1) is 0 Å². The maximum Gasteiger partial charge on any atom is 0.329 e. The molecule has 0 aromatic rings. The van der Waals surface area contributed by atoms with Crippen molar-refractivity contribution < 1.29 is 14.7 Å². The molecule has 0 bridgehead atoms. The third kappa shape index (κ3) is 2.12. The number of hydrogen-bond donors (Lipinski definition) is 2. The number of nitrogens with zero attached hydrogens (tertiary/aromatic N) is 1. The second-order valence-electron chi connectivity index (χ2n) is 4.31. The van der Waals surface area contributed by atoms with Gasteiger partial charge in [0.15, 0.2) is 0 Å². The van der Waals surface area contributed by atoms with Gasteiger partial charge in [-0.25, -0.2) is 4.79 Å². The predicted octanol–water partition coefficient (Wildman–Crippen LogP) is 0.189. The summed E-state index contributed by atoms with van der Waals surface area (Å²) < 4.78 is 0. The third-order valence-corrected chi connectivity index (χ3v) is 3.01. The van der Waals surface area contributed by atoms with Crippen LogP contribution in [0.2, 0.25) is 0 Å². The van der Waals surface area contributed by atoms with Gasteiger partial charge in [-0.1, -0.05) is 0 Å². The van der Waals surface area contributed by atoms with Gasteiger partial charge in [-0.3, -0.25) is 4.79 Å². The highest BCUT2D eigenvalue weighted by Gasteiger charge is 2.44. The van der Waals surface area contributed by atoms with Crippen molar-refractivity contribution in [3.8, 4) is 0 Å². The number of carbonyl (C=O) groups excluding carboxylic acids is 1. The highest BCUT2D eigenvalue weighted by Crippen LogP contribution is 2.28. The van der Waals surface area contributed by atoms with E-state index in [0.717, 1.165) is 12.8 Å². The second kappa shape index (κ2) is 4.18. The molecule has 1 heterocycles. The van der Waals surface area contributed by atoms with E-state index in [2.05, 4.69) is 0 Å². The molecule has 0 spiro atoms. The Morgan fingerprint density at radius 2 is 2.07 bits per heavy atom. The quantitative estimate of drug-likeness (QED) is 0.687. The van der Waals surface area contributed by atoms with Crippen LogP contribution >= 0.6 is 0 Å². The summed E-state index contributed by atoms with van der Waals surface area (Å²) in [5.41, 5.74) is 4.42. The van der Waals surface area contributed by atoms with Gasteiger partial charge in [0.05, 0.1) is 6.04 Å². The Morgan fingerprint density at radius 3 is 2.53 bits per heavy atom. The van der Waals surface area contributed by atoms with Crippen molar-refractivity contribution in [2.24, 2.45) is 5.73 Å². The van der Waals surface area contributed by atoms with Crippen LogP contribution in [-0.4, -0.2) is 40.0 Å². The molecule has 2 unspecified atom stereocenters. The van der Waals surface area contributed by atoms with Crippen LogP contribution in [-0.2, 0) is 9.59 Å². The number of piperidine rings is 1. The zero-order valence-corrected chi connectivity index (χ0v) is 9.19. The summed E-state index contributed by atoms with van der Waals surface area (Å²) in [4.78, 5) is 24.3. The van der Waals surface area contributed by atoms with Crippen LogP contribution in [0.1, 0.15) is 33.1 Å². The molecule has 1 rings (SSSR count). The molecule has 1 amide bonds. The zero-order valence-electron chi connectivity index (χ0n) is 9.19. The summed E-state index contributed by atoms with van der Waals surface area (Å²) in [5, 5.41) is 9.16. The Kier molecular flexibility index (Phi) is 3.34. The zero-order chi connectivity index (χ0) is 11.6. The summed E-state index contributed by atoms with van der Waals surface area (Å²) in [7, 11) is 0. The van der Waals surface area contributed by atoms with Crippen molar-refractivity contribution in [3.05, 3.63) is 0 Å². The van der Waals surface area contributed by atoms with Gasteiger partial charge in [-0.2, -0.15) is 0 Å². The van der Waals surface area contributed by atoms with Crippen molar-refractivity contribution in [2.75, 3.05) is 6.54 Å². The summed E-state index contributed by atoms with van der Waals surface area (Å²) in [6.07, 6.45) is 2.19. The molecule has 0 radical (unpaired) electrons. The molecule has 0 saturated carbocycles. The average Bonchev–Trinajstić information content (AvgIpc) is 2.17. The number of hydrogen-bond acceptors (Lipinski definition) is 3. The summed E-state index contributed by atoms with van der Waals surface area (Å²) in [6.45, 7) is 3.66. The smallest absolute Gasteiger partial charge is 0.329 e. The van der Waals surface area contributed by atoms with Gasteiger partial charge in [-0.05, 0) is 33.1 Å². The van der Waals surface area contributed by atoms with E-state index in [4.69, 9.17) is 10.8 Å². The first-order valence-electron chi connectivity index (χ1n) is 5.20. The predicted molar refractivity (Wildman–Crippen MR) is 55.3 cm³/mol. The van der Waals surface area contributed by atoms with Crippen LogP contribution < -0.4 is 5.73 Å². The summed E-state index contributed by atoms with van der Waals surface area (Å²) >= 11 is 0. The first-order valence-corrected chi connectivity index (χ1v) is 5.20. The standard InChI is InChI=1S/C10H18N2O3/c1-7(11)8(13)12-6-4-3-5-10(12,2)9(14)15/h7H,3-6,11H2,1-2H3,(H,14,15). The van der Waals surface area contributed by atoms with Gasteiger partial charge in [0.1, 0.15) is 5.54 Å². The molecule has 5 heteroatoms. The number of carboxylic acid groups (broad SMARTS) is 1. The minimum Gasteiger partial charge on any atom is -0.480 e. The molecular weight excluding hydrogens is 196 g/mol. The largest absolute Gasteiger partial charge is 0.480 e. The average molecular weight is 214 g/mol. The minimum atomic E-state index is -1.08. The van der Waals surface area contributed by atoms with Crippen LogP contribution in [0.25, 0.3) is 0 Å². The number of carbonyl (C=O) groups is 2. The fraction of sp³-hybridized carbons (Fsp3) is 0.800. The third-order valence-electron chi connectivity index (χ3n) is 3.01. The van der Waals surface area contributed by atoms with E-state index in [9.17, 15) is 9.59 Å². The van der Waals surface area contributed by atoms with Crippen molar-refractivity contribution in [2.45, 2.75) is 44.7 Å². The summed E-state index contributed by atoms with van der Waals surface area (Å²) in [6, 6.07) is -0.637. The maximum absolute atomic E-state index is 11.8.